The van der Waals surface area contributed by atoms with Crippen LogP contribution in [0.25, 0.3) is 31.3 Å². The van der Waals surface area contributed by atoms with E-state index in [0.29, 0.717) is 0 Å². The lowest BCUT2D eigenvalue weighted by atomic mass is 9.67. The second-order valence-corrected chi connectivity index (χ2v) is 13.9. The Morgan fingerprint density at radius 3 is 1.65 bits per heavy atom. The first-order chi connectivity index (χ1) is 22.8. The van der Waals surface area contributed by atoms with Crippen LogP contribution < -0.4 is 4.90 Å². The number of thiophene rings is 1. The molecule has 0 saturated heterocycles. The number of hydrogen-bond donors (Lipinski definition) is 0. The van der Waals surface area contributed by atoms with Crippen LogP contribution in [0, 0.1) is 0 Å². The first kappa shape index (κ1) is 28.8. The fourth-order valence-corrected chi connectivity index (χ4v) is 8.76. The Labute approximate surface area is 276 Å². The Bertz CT molecular complexity index is 2050. The molecule has 0 atom stereocenters. The van der Waals surface area contributed by atoms with Crippen molar-refractivity contribution < 1.29 is 0 Å². The number of nitrogens with zero attached hydrogens (tertiary/aromatic N) is 1. The van der Waals surface area contributed by atoms with Gasteiger partial charge in [-0.2, -0.15) is 0 Å². The molecule has 46 heavy (non-hydrogen) atoms. The van der Waals surface area contributed by atoms with E-state index in [9.17, 15) is 0 Å². The van der Waals surface area contributed by atoms with E-state index in [1.807, 2.05) is 11.3 Å². The summed E-state index contributed by atoms with van der Waals surface area (Å²) < 4.78 is 2.66. The summed E-state index contributed by atoms with van der Waals surface area (Å²) in [6.45, 7) is 0. The first-order valence-electron chi connectivity index (χ1n) is 16.8. The summed E-state index contributed by atoms with van der Waals surface area (Å²) in [4.78, 5) is 2.43. The van der Waals surface area contributed by atoms with Gasteiger partial charge in [0.25, 0.3) is 0 Å². The van der Waals surface area contributed by atoms with Crippen molar-refractivity contribution >= 4 is 48.6 Å². The van der Waals surface area contributed by atoms with E-state index in [2.05, 4.69) is 157 Å². The van der Waals surface area contributed by atoms with Gasteiger partial charge in [0.1, 0.15) is 0 Å². The summed E-state index contributed by atoms with van der Waals surface area (Å²) in [5.74, 6) is 0. The van der Waals surface area contributed by atoms with Crippen LogP contribution in [-0.4, -0.2) is 0 Å². The molecule has 1 aliphatic rings. The van der Waals surface area contributed by atoms with Gasteiger partial charge in [-0.1, -0.05) is 135 Å². The number of anilines is 3. The summed E-state index contributed by atoms with van der Waals surface area (Å²) >= 11 is 1.87. The van der Waals surface area contributed by atoms with Gasteiger partial charge in [-0.25, -0.2) is 0 Å². The summed E-state index contributed by atoms with van der Waals surface area (Å²) in [5.41, 5.74) is 8.97. The molecular formula is C44H39NS. The van der Waals surface area contributed by atoms with E-state index >= 15 is 0 Å². The molecule has 8 rings (SSSR count). The number of benzene rings is 6. The average Bonchev–Trinajstić information content (AvgIpc) is 3.48. The SMILES string of the molecule is c1ccc(-c2ccc(N(c3ccc(C4(c5ccccc5)CCCCCCC4)cc3)c3ccc4sc5ccccc5c4c3)cc2)cc1. The monoisotopic (exact) mass is 613 g/mol. The van der Waals surface area contributed by atoms with Gasteiger partial charge in [-0.15, -0.1) is 11.3 Å². The summed E-state index contributed by atoms with van der Waals surface area (Å²) in [7, 11) is 0. The third kappa shape index (κ3) is 5.42. The number of rotatable bonds is 6. The minimum absolute atomic E-state index is 0.0663. The normalized spacial score (nSPS) is 15.0. The molecule has 0 bridgehead atoms. The molecule has 1 aliphatic carbocycles. The van der Waals surface area contributed by atoms with Gasteiger partial charge in [0, 0.05) is 42.6 Å². The van der Waals surface area contributed by atoms with Crippen molar-refractivity contribution in [3.8, 4) is 11.1 Å². The van der Waals surface area contributed by atoms with Crippen molar-refractivity contribution in [2.24, 2.45) is 0 Å². The predicted octanol–water partition coefficient (Wildman–Crippen LogP) is 13.2. The van der Waals surface area contributed by atoms with Crippen molar-refractivity contribution in [1.29, 1.82) is 0 Å². The Balaban J connectivity index is 1.24. The molecule has 6 aromatic carbocycles. The lowest BCUT2D eigenvalue weighted by Crippen LogP contribution is -2.29. The Hall–Kier alpha value is -4.66. The maximum atomic E-state index is 2.43. The van der Waals surface area contributed by atoms with Crippen LogP contribution in [-0.2, 0) is 5.41 Å². The zero-order chi connectivity index (χ0) is 30.8. The van der Waals surface area contributed by atoms with Gasteiger partial charge in [0.05, 0.1) is 0 Å². The summed E-state index contributed by atoms with van der Waals surface area (Å²) in [6.07, 6.45) is 9.02. The molecule has 0 amide bonds. The maximum Gasteiger partial charge on any atom is 0.0468 e. The van der Waals surface area contributed by atoms with Crippen LogP contribution >= 0.6 is 11.3 Å². The van der Waals surface area contributed by atoms with Gasteiger partial charge in [-0.05, 0) is 83.6 Å². The molecule has 7 aromatic rings. The zero-order valence-electron chi connectivity index (χ0n) is 26.2. The third-order valence-electron chi connectivity index (χ3n) is 10.1. The standard InChI is InChI=1S/C44H39NS/c1-2-12-30-44(31-13-3-1,35-16-8-5-9-17-35)36-22-26-38(27-23-36)45(37-24-20-34(21-25-37)33-14-6-4-7-15-33)39-28-29-43-41(32-39)40-18-10-11-19-42(40)46-43/h4-11,14-29,32H,1-3,12-13,30-31H2. The highest BCUT2D eigenvalue weighted by atomic mass is 32.1. The largest absolute Gasteiger partial charge is 0.310 e. The quantitative estimate of drug-likeness (QED) is 0.180. The van der Waals surface area contributed by atoms with Crippen LogP contribution in [0.1, 0.15) is 56.1 Å². The van der Waals surface area contributed by atoms with Crippen LogP contribution in [0.3, 0.4) is 0 Å². The molecule has 0 unspecified atom stereocenters. The van der Waals surface area contributed by atoms with Crippen molar-refractivity contribution in [3.63, 3.8) is 0 Å². The molecule has 226 valence electrons. The second kappa shape index (κ2) is 12.6. The highest BCUT2D eigenvalue weighted by Gasteiger charge is 2.34. The molecule has 1 aromatic heterocycles. The van der Waals surface area contributed by atoms with Crippen molar-refractivity contribution in [2.75, 3.05) is 4.90 Å². The van der Waals surface area contributed by atoms with Crippen LogP contribution in [0.15, 0.2) is 152 Å². The summed E-state index contributed by atoms with van der Waals surface area (Å²) in [5, 5.41) is 2.64. The lowest BCUT2D eigenvalue weighted by Gasteiger charge is -2.37. The predicted molar refractivity (Wildman–Crippen MR) is 199 cm³/mol. The van der Waals surface area contributed by atoms with E-state index in [-0.39, 0.29) is 5.41 Å². The Morgan fingerprint density at radius 2 is 0.935 bits per heavy atom. The molecule has 0 aliphatic heterocycles. The average molecular weight is 614 g/mol. The topological polar surface area (TPSA) is 3.24 Å². The van der Waals surface area contributed by atoms with Crippen LogP contribution in [0.4, 0.5) is 17.1 Å². The van der Waals surface area contributed by atoms with Gasteiger partial charge in [-0.3, -0.25) is 0 Å². The maximum absolute atomic E-state index is 2.43. The third-order valence-corrected chi connectivity index (χ3v) is 11.2. The highest BCUT2D eigenvalue weighted by Crippen LogP contribution is 2.45. The second-order valence-electron chi connectivity index (χ2n) is 12.8. The molecule has 1 fully saturated rings. The van der Waals surface area contributed by atoms with Crippen LogP contribution in [0.2, 0.25) is 0 Å². The molecule has 1 saturated carbocycles. The molecule has 0 spiro atoms. The summed E-state index contributed by atoms with van der Waals surface area (Å²) in [6, 6.07) is 56.3. The van der Waals surface area contributed by atoms with Crippen molar-refractivity contribution in [3.05, 3.63) is 163 Å². The van der Waals surface area contributed by atoms with Gasteiger partial charge >= 0.3 is 0 Å². The lowest BCUT2D eigenvalue weighted by molar-refractivity contribution is 0.366. The molecule has 2 heteroatoms. The van der Waals surface area contributed by atoms with Crippen LogP contribution in [0.5, 0.6) is 0 Å². The van der Waals surface area contributed by atoms with Crippen molar-refractivity contribution in [1.82, 2.24) is 0 Å². The van der Waals surface area contributed by atoms with E-state index in [0.717, 1.165) is 5.69 Å². The van der Waals surface area contributed by atoms with Gasteiger partial charge in [0.15, 0.2) is 0 Å². The zero-order valence-corrected chi connectivity index (χ0v) is 27.1. The molecule has 0 N–H and O–H groups in total. The highest BCUT2D eigenvalue weighted by molar-refractivity contribution is 7.25. The van der Waals surface area contributed by atoms with E-state index < -0.39 is 0 Å². The fourth-order valence-electron chi connectivity index (χ4n) is 7.67. The van der Waals surface area contributed by atoms with Crippen molar-refractivity contribution in [2.45, 2.75) is 50.4 Å². The van der Waals surface area contributed by atoms with Gasteiger partial charge < -0.3 is 4.90 Å². The number of fused-ring (bicyclic) bond motifs is 3. The smallest absolute Gasteiger partial charge is 0.0468 e. The molecular weight excluding hydrogens is 575 g/mol. The minimum atomic E-state index is 0.0663. The minimum Gasteiger partial charge on any atom is -0.310 e. The molecule has 0 radical (unpaired) electrons. The first-order valence-corrected chi connectivity index (χ1v) is 17.6. The number of hydrogen-bond acceptors (Lipinski definition) is 2. The van der Waals surface area contributed by atoms with E-state index in [1.54, 1.807) is 0 Å². The van der Waals surface area contributed by atoms with E-state index in [4.69, 9.17) is 0 Å². The molecule has 1 heterocycles. The van der Waals surface area contributed by atoms with E-state index in [1.165, 1.54) is 98.7 Å². The van der Waals surface area contributed by atoms with Gasteiger partial charge in [0.2, 0.25) is 0 Å². The Morgan fingerprint density at radius 1 is 0.413 bits per heavy atom. The Kier molecular flexibility index (Phi) is 7.90. The molecule has 1 nitrogen and oxygen atoms in total. The fraction of sp³-hybridized carbons (Fsp3) is 0.182.